The number of carbonyl (C=O) groups is 1. The second-order valence-electron chi connectivity index (χ2n) is 5.80. The van der Waals surface area contributed by atoms with E-state index in [1.54, 1.807) is 18.3 Å². The lowest BCUT2D eigenvalue weighted by Crippen LogP contribution is -2.48. The van der Waals surface area contributed by atoms with Crippen molar-refractivity contribution in [3.05, 3.63) is 42.2 Å². The van der Waals surface area contributed by atoms with Crippen molar-refractivity contribution in [2.75, 3.05) is 18.4 Å². The fourth-order valence-electron chi connectivity index (χ4n) is 2.32. The Hall–Kier alpha value is -2.47. The van der Waals surface area contributed by atoms with Gasteiger partial charge in [-0.2, -0.15) is 0 Å². The topological polar surface area (TPSA) is 76.1 Å². The summed E-state index contributed by atoms with van der Waals surface area (Å²) in [5, 5.41) is 6.12. The van der Waals surface area contributed by atoms with Crippen molar-refractivity contribution in [1.29, 1.82) is 0 Å². The molecule has 1 fully saturated rings. The highest BCUT2D eigenvalue weighted by Gasteiger charge is 2.28. The molecule has 1 aromatic heterocycles. The first kappa shape index (κ1) is 15.4. The molecule has 1 aromatic carbocycles. The van der Waals surface area contributed by atoms with Crippen LogP contribution in [0, 0.1) is 18.8 Å². The third-order valence-electron chi connectivity index (χ3n) is 4.04. The van der Waals surface area contributed by atoms with Crippen LogP contribution in [0.2, 0.25) is 0 Å². The van der Waals surface area contributed by atoms with Crippen LogP contribution in [0.5, 0.6) is 11.8 Å². The van der Waals surface area contributed by atoms with E-state index in [1.165, 1.54) is 0 Å². The summed E-state index contributed by atoms with van der Waals surface area (Å²) in [6.45, 7) is 5.68. The molecule has 0 spiro atoms. The predicted molar refractivity (Wildman–Crippen MR) is 87.4 cm³/mol. The van der Waals surface area contributed by atoms with E-state index in [0.717, 1.165) is 24.5 Å². The standard InChI is InChI=1S/C17H20N4O2/c1-11-7-8-19-17(20-11)23-15-5-3-14(4-6-15)21-16(22)12(2)13-9-18-10-13/h3-8,12-13,18H,9-10H2,1-2H3,(H,21,22). The molecular weight excluding hydrogens is 292 g/mol. The van der Waals surface area contributed by atoms with Crippen LogP contribution in [0.3, 0.4) is 0 Å². The molecule has 0 aliphatic carbocycles. The van der Waals surface area contributed by atoms with Gasteiger partial charge in [-0.15, -0.1) is 0 Å². The van der Waals surface area contributed by atoms with Gasteiger partial charge in [-0.25, -0.2) is 9.97 Å². The minimum Gasteiger partial charge on any atom is -0.424 e. The summed E-state index contributed by atoms with van der Waals surface area (Å²) in [6, 6.07) is 9.33. The van der Waals surface area contributed by atoms with Gasteiger partial charge in [0.2, 0.25) is 5.91 Å². The molecule has 1 atom stereocenters. The Kier molecular flexibility index (Phi) is 4.52. The zero-order valence-corrected chi connectivity index (χ0v) is 13.2. The van der Waals surface area contributed by atoms with E-state index in [4.69, 9.17) is 4.74 Å². The van der Waals surface area contributed by atoms with Crippen LogP contribution < -0.4 is 15.4 Å². The Bertz CT molecular complexity index is 683. The molecule has 1 amide bonds. The molecular formula is C17H20N4O2. The van der Waals surface area contributed by atoms with Gasteiger partial charge in [0, 0.05) is 23.5 Å². The van der Waals surface area contributed by atoms with Crippen molar-refractivity contribution in [2.45, 2.75) is 13.8 Å². The number of rotatable bonds is 5. The number of ether oxygens (including phenoxy) is 1. The lowest BCUT2D eigenvalue weighted by Gasteiger charge is -2.31. The zero-order valence-electron chi connectivity index (χ0n) is 13.2. The average Bonchev–Trinajstić information content (AvgIpc) is 2.47. The lowest BCUT2D eigenvalue weighted by atomic mass is 9.88. The highest BCUT2D eigenvalue weighted by Crippen LogP contribution is 2.22. The van der Waals surface area contributed by atoms with Crippen LogP contribution in [-0.4, -0.2) is 29.0 Å². The molecule has 0 saturated carbocycles. The summed E-state index contributed by atoms with van der Waals surface area (Å²) >= 11 is 0. The van der Waals surface area contributed by atoms with Crippen LogP contribution in [0.15, 0.2) is 36.5 Å². The van der Waals surface area contributed by atoms with Crippen molar-refractivity contribution in [3.63, 3.8) is 0 Å². The van der Waals surface area contributed by atoms with Crippen LogP contribution in [-0.2, 0) is 4.79 Å². The number of nitrogens with one attached hydrogen (secondary N) is 2. The number of benzene rings is 1. The summed E-state index contributed by atoms with van der Waals surface area (Å²) in [4.78, 5) is 20.4. The Morgan fingerprint density at radius 1 is 1.30 bits per heavy atom. The minimum absolute atomic E-state index is 0.00729. The lowest BCUT2D eigenvalue weighted by molar-refractivity contribution is -0.121. The van der Waals surface area contributed by atoms with Crippen molar-refractivity contribution in [1.82, 2.24) is 15.3 Å². The Morgan fingerprint density at radius 2 is 2.04 bits per heavy atom. The maximum absolute atomic E-state index is 12.2. The second-order valence-corrected chi connectivity index (χ2v) is 5.80. The van der Waals surface area contributed by atoms with Gasteiger partial charge in [-0.3, -0.25) is 4.79 Å². The molecule has 1 aliphatic rings. The largest absolute Gasteiger partial charge is 0.424 e. The van der Waals surface area contributed by atoms with Gasteiger partial charge in [0.15, 0.2) is 0 Å². The van der Waals surface area contributed by atoms with Crippen LogP contribution in [0.4, 0.5) is 5.69 Å². The third kappa shape index (κ3) is 3.84. The third-order valence-corrected chi connectivity index (χ3v) is 4.04. The number of aromatic nitrogens is 2. The summed E-state index contributed by atoms with van der Waals surface area (Å²) < 4.78 is 5.59. The van der Waals surface area contributed by atoms with Gasteiger partial charge in [0.1, 0.15) is 5.75 Å². The summed E-state index contributed by atoms with van der Waals surface area (Å²) in [7, 11) is 0. The number of carbonyl (C=O) groups excluding carboxylic acids is 1. The van der Waals surface area contributed by atoms with E-state index in [0.29, 0.717) is 17.7 Å². The molecule has 0 bridgehead atoms. The van der Waals surface area contributed by atoms with Gasteiger partial charge in [-0.1, -0.05) is 6.92 Å². The maximum Gasteiger partial charge on any atom is 0.322 e. The summed E-state index contributed by atoms with van der Waals surface area (Å²) in [5.41, 5.74) is 1.60. The van der Waals surface area contributed by atoms with E-state index in [9.17, 15) is 4.79 Å². The molecule has 120 valence electrons. The minimum atomic E-state index is 0.00729. The molecule has 1 saturated heterocycles. The summed E-state index contributed by atoms with van der Waals surface area (Å²) in [6.07, 6.45) is 1.66. The van der Waals surface area contributed by atoms with E-state index >= 15 is 0 Å². The van der Waals surface area contributed by atoms with Crippen LogP contribution in [0.1, 0.15) is 12.6 Å². The van der Waals surface area contributed by atoms with Crippen molar-refractivity contribution >= 4 is 11.6 Å². The normalized spacial score (nSPS) is 15.6. The highest BCUT2D eigenvalue weighted by molar-refractivity contribution is 5.92. The van der Waals surface area contributed by atoms with Crippen LogP contribution in [0.25, 0.3) is 0 Å². The predicted octanol–water partition coefficient (Wildman–Crippen LogP) is 2.37. The molecule has 3 rings (SSSR count). The fourth-order valence-corrected chi connectivity index (χ4v) is 2.32. The molecule has 6 heteroatoms. The Morgan fingerprint density at radius 3 is 2.65 bits per heavy atom. The van der Waals surface area contributed by atoms with Gasteiger partial charge in [0.05, 0.1) is 0 Å². The Balaban J connectivity index is 1.59. The van der Waals surface area contributed by atoms with Crippen molar-refractivity contribution < 1.29 is 9.53 Å². The SMILES string of the molecule is Cc1ccnc(Oc2ccc(NC(=O)C(C)C3CNC3)cc2)n1. The number of hydrogen-bond donors (Lipinski definition) is 2. The van der Waals surface area contributed by atoms with Crippen molar-refractivity contribution in [3.8, 4) is 11.8 Å². The van der Waals surface area contributed by atoms with E-state index < -0.39 is 0 Å². The van der Waals surface area contributed by atoms with Gasteiger partial charge in [0.25, 0.3) is 0 Å². The zero-order chi connectivity index (χ0) is 16.2. The first-order valence-corrected chi connectivity index (χ1v) is 7.71. The molecule has 0 radical (unpaired) electrons. The maximum atomic E-state index is 12.2. The molecule has 2 heterocycles. The van der Waals surface area contributed by atoms with E-state index in [1.807, 2.05) is 32.0 Å². The average molecular weight is 312 g/mol. The molecule has 23 heavy (non-hydrogen) atoms. The first-order chi connectivity index (χ1) is 11.1. The van der Waals surface area contributed by atoms with Gasteiger partial charge >= 0.3 is 6.01 Å². The number of anilines is 1. The Labute approximate surface area is 135 Å². The fraction of sp³-hybridized carbons (Fsp3) is 0.353. The second kappa shape index (κ2) is 6.75. The quantitative estimate of drug-likeness (QED) is 0.886. The van der Waals surface area contributed by atoms with Gasteiger partial charge in [-0.05, 0) is 56.3 Å². The highest BCUT2D eigenvalue weighted by atomic mass is 16.5. The molecule has 1 unspecified atom stereocenters. The first-order valence-electron chi connectivity index (χ1n) is 7.71. The number of nitrogens with zero attached hydrogens (tertiary/aromatic N) is 2. The van der Waals surface area contributed by atoms with Crippen LogP contribution >= 0.6 is 0 Å². The number of aryl methyl sites for hydroxylation is 1. The smallest absolute Gasteiger partial charge is 0.322 e. The van der Waals surface area contributed by atoms with E-state index in [2.05, 4.69) is 20.6 Å². The van der Waals surface area contributed by atoms with Gasteiger partial charge < -0.3 is 15.4 Å². The molecule has 1 aliphatic heterocycles. The number of amides is 1. The monoisotopic (exact) mass is 312 g/mol. The summed E-state index contributed by atoms with van der Waals surface area (Å²) in [5.74, 6) is 1.11. The van der Waals surface area contributed by atoms with E-state index in [-0.39, 0.29) is 11.8 Å². The molecule has 2 aromatic rings. The molecule has 6 nitrogen and oxygen atoms in total. The van der Waals surface area contributed by atoms with Crippen molar-refractivity contribution in [2.24, 2.45) is 11.8 Å². The molecule has 2 N–H and O–H groups in total. The number of hydrogen-bond acceptors (Lipinski definition) is 5.